The third kappa shape index (κ3) is 3.50. The normalized spacial score (nSPS) is 11.4. The van der Waals surface area contributed by atoms with Gasteiger partial charge < -0.3 is 4.90 Å². The van der Waals surface area contributed by atoms with E-state index in [1.165, 1.54) is 16.9 Å². The average molecular weight is 360 g/mol. The number of thiazole rings is 1. The molecule has 1 amide bonds. The van der Waals surface area contributed by atoms with Gasteiger partial charge in [-0.1, -0.05) is 23.5 Å². The summed E-state index contributed by atoms with van der Waals surface area (Å²) >= 11 is 3.06. The Morgan fingerprint density at radius 1 is 1.21 bits per heavy atom. The van der Waals surface area contributed by atoms with Crippen molar-refractivity contribution in [2.75, 3.05) is 32.1 Å². The van der Waals surface area contributed by atoms with Crippen molar-refractivity contribution >= 4 is 43.9 Å². The third-order valence-electron chi connectivity index (χ3n) is 3.80. The van der Waals surface area contributed by atoms with Crippen molar-refractivity contribution in [3.8, 4) is 0 Å². The highest BCUT2D eigenvalue weighted by molar-refractivity contribution is 7.22. The molecular formula is C18H21N3OS2. The van der Waals surface area contributed by atoms with Gasteiger partial charge in [0.15, 0.2) is 5.13 Å². The maximum absolute atomic E-state index is 12.9. The topological polar surface area (TPSA) is 36.4 Å². The van der Waals surface area contributed by atoms with Crippen LogP contribution in [0.2, 0.25) is 0 Å². The first-order valence-electron chi connectivity index (χ1n) is 7.83. The first kappa shape index (κ1) is 17.1. The van der Waals surface area contributed by atoms with Gasteiger partial charge in [-0.2, -0.15) is 0 Å². The molecule has 6 heteroatoms. The molecule has 0 fully saturated rings. The first-order valence-corrected chi connectivity index (χ1v) is 9.53. The molecule has 0 radical (unpaired) electrons. The standard InChI is InChI=1S/C18H21N3OS2/c1-12-10-13(2)16-15(11-12)24-18(19-16)21(8-7-20(3)4)17(22)14-6-5-9-23-14/h5-6,9-11H,7-8H2,1-4H3. The molecule has 0 saturated heterocycles. The Bertz CT molecular complexity index is 853. The number of rotatable bonds is 5. The van der Waals surface area contributed by atoms with Gasteiger partial charge in [0.25, 0.3) is 5.91 Å². The molecule has 3 aromatic rings. The molecule has 0 unspecified atom stereocenters. The highest BCUT2D eigenvalue weighted by Gasteiger charge is 2.22. The summed E-state index contributed by atoms with van der Waals surface area (Å²) in [5.41, 5.74) is 3.37. The molecule has 126 valence electrons. The molecule has 0 aliphatic heterocycles. The summed E-state index contributed by atoms with van der Waals surface area (Å²) < 4.78 is 1.14. The molecule has 0 N–H and O–H groups in total. The summed E-state index contributed by atoms with van der Waals surface area (Å²) in [7, 11) is 4.03. The summed E-state index contributed by atoms with van der Waals surface area (Å²) in [6.07, 6.45) is 0. The van der Waals surface area contributed by atoms with E-state index in [0.29, 0.717) is 6.54 Å². The van der Waals surface area contributed by atoms with E-state index in [9.17, 15) is 4.79 Å². The molecule has 24 heavy (non-hydrogen) atoms. The minimum absolute atomic E-state index is 0.0280. The molecule has 0 atom stereocenters. The van der Waals surface area contributed by atoms with E-state index in [1.807, 2.05) is 36.5 Å². The number of aryl methyl sites for hydroxylation is 2. The fourth-order valence-corrected chi connectivity index (χ4v) is 4.43. The average Bonchev–Trinajstić information content (AvgIpc) is 3.16. The molecule has 4 nitrogen and oxygen atoms in total. The number of anilines is 1. The van der Waals surface area contributed by atoms with Gasteiger partial charge in [-0.3, -0.25) is 9.69 Å². The van der Waals surface area contributed by atoms with Crippen LogP contribution in [0.5, 0.6) is 0 Å². The van der Waals surface area contributed by atoms with E-state index in [2.05, 4.69) is 30.9 Å². The van der Waals surface area contributed by atoms with Gasteiger partial charge in [-0.15, -0.1) is 11.3 Å². The maximum atomic E-state index is 12.9. The molecule has 3 rings (SSSR count). The van der Waals surface area contributed by atoms with E-state index in [0.717, 1.165) is 32.3 Å². The number of hydrogen-bond acceptors (Lipinski definition) is 5. The number of carbonyl (C=O) groups is 1. The second-order valence-corrected chi connectivity index (χ2v) is 8.12. The zero-order chi connectivity index (χ0) is 17.3. The van der Waals surface area contributed by atoms with Crippen LogP contribution in [0.15, 0.2) is 29.6 Å². The van der Waals surface area contributed by atoms with Crippen molar-refractivity contribution in [2.24, 2.45) is 0 Å². The van der Waals surface area contributed by atoms with Crippen LogP contribution in [0, 0.1) is 13.8 Å². The van der Waals surface area contributed by atoms with Crippen LogP contribution in [-0.4, -0.2) is 43.0 Å². The quantitative estimate of drug-likeness (QED) is 0.685. The minimum Gasteiger partial charge on any atom is -0.308 e. The van der Waals surface area contributed by atoms with Crippen molar-refractivity contribution in [2.45, 2.75) is 13.8 Å². The Labute approximate surface area is 150 Å². The van der Waals surface area contributed by atoms with Crippen molar-refractivity contribution in [3.63, 3.8) is 0 Å². The lowest BCUT2D eigenvalue weighted by atomic mass is 10.1. The van der Waals surface area contributed by atoms with Gasteiger partial charge in [0.1, 0.15) is 0 Å². The van der Waals surface area contributed by atoms with E-state index < -0.39 is 0 Å². The highest BCUT2D eigenvalue weighted by Crippen LogP contribution is 2.32. The second kappa shape index (κ2) is 7.01. The van der Waals surface area contributed by atoms with E-state index in [-0.39, 0.29) is 5.91 Å². The number of fused-ring (bicyclic) bond motifs is 1. The Balaban J connectivity index is 2.01. The molecule has 0 bridgehead atoms. The summed E-state index contributed by atoms with van der Waals surface area (Å²) in [5.74, 6) is 0.0280. The molecule has 0 aliphatic rings. The predicted octanol–water partition coefficient (Wildman–Crippen LogP) is 4.18. The zero-order valence-electron chi connectivity index (χ0n) is 14.4. The van der Waals surface area contributed by atoms with Crippen LogP contribution >= 0.6 is 22.7 Å². The maximum Gasteiger partial charge on any atom is 0.270 e. The molecule has 0 aliphatic carbocycles. The molecule has 1 aromatic carbocycles. The van der Waals surface area contributed by atoms with Crippen LogP contribution in [0.25, 0.3) is 10.2 Å². The van der Waals surface area contributed by atoms with Crippen LogP contribution in [0.1, 0.15) is 20.8 Å². The molecule has 2 heterocycles. The van der Waals surface area contributed by atoms with Crippen molar-refractivity contribution in [3.05, 3.63) is 45.6 Å². The lowest BCUT2D eigenvalue weighted by molar-refractivity contribution is 0.0989. The third-order valence-corrected chi connectivity index (χ3v) is 5.68. The minimum atomic E-state index is 0.0280. The summed E-state index contributed by atoms with van der Waals surface area (Å²) in [6.45, 7) is 5.59. The van der Waals surface area contributed by atoms with Crippen LogP contribution < -0.4 is 4.90 Å². The predicted molar refractivity (Wildman–Crippen MR) is 104 cm³/mol. The van der Waals surface area contributed by atoms with Gasteiger partial charge in [0.05, 0.1) is 15.1 Å². The van der Waals surface area contributed by atoms with E-state index >= 15 is 0 Å². The van der Waals surface area contributed by atoms with Gasteiger partial charge in [0.2, 0.25) is 0 Å². The van der Waals surface area contributed by atoms with Gasteiger partial charge in [0, 0.05) is 13.1 Å². The largest absolute Gasteiger partial charge is 0.308 e. The number of hydrogen-bond donors (Lipinski definition) is 0. The van der Waals surface area contributed by atoms with E-state index in [4.69, 9.17) is 4.98 Å². The number of thiophene rings is 1. The van der Waals surface area contributed by atoms with Crippen molar-refractivity contribution in [1.82, 2.24) is 9.88 Å². The SMILES string of the molecule is Cc1cc(C)c2nc(N(CCN(C)C)C(=O)c3cccs3)sc2c1. The van der Waals surface area contributed by atoms with Gasteiger partial charge in [-0.25, -0.2) is 4.98 Å². The fraction of sp³-hybridized carbons (Fsp3) is 0.333. The number of amides is 1. The van der Waals surface area contributed by atoms with Gasteiger partial charge in [-0.05, 0) is 56.6 Å². The Hall–Kier alpha value is -1.76. The Morgan fingerprint density at radius 2 is 2.00 bits per heavy atom. The molecule has 0 spiro atoms. The smallest absolute Gasteiger partial charge is 0.270 e. The number of benzene rings is 1. The second-order valence-electron chi connectivity index (χ2n) is 6.16. The van der Waals surface area contributed by atoms with Gasteiger partial charge >= 0.3 is 0 Å². The Kier molecular flexibility index (Phi) is 4.99. The lowest BCUT2D eigenvalue weighted by Gasteiger charge is -2.21. The zero-order valence-corrected chi connectivity index (χ0v) is 16.0. The summed E-state index contributed by atoms with van der Waals surface area (Å²) in [4.78, 5) is 22.3. The first-order chi connectivity index (χ1) is 11.5. The number of nitrogens with zero attached hydrogens (tertiary/aromatic N) is 3. The van der Waals surface area contributed by atoms with Crippen molar-refractivity contribution < 1.29 is 4.79 Å². The molecule has 2 aromatic heterocycles. The lowest BCUT2D eigenvalue weighted by Crippen LogP contribution is -2.36. The highest BCUT2D eigenvalue weighted by atomic mass is 32.1. The summed E-state index contributed by atoms with van der Waals surface area (Å²) in [5, 5.41) is 2.71. The monoisotopic (exact) mass is 359 g/mol. The van der Waals surface area contributed by atoms with Crippen LogP contribution in [0.3, 0.4) is 0 Å². The van der Waals surface area contributed by atoms with Crippen LogP contribution in [0.4, 0.5) is 5.13 Å². The molecular weight excluding hydrogens is 338 g/mol. The van der Waals surface area contributed by atoms with Crippen LogP contribution in [-0.2, 0) is 0 Å². The molecule has 0 saturated carbocycles. The number of carbonyl (C=O) groups excluding carboxylic acids is 1. The summed E-state index contributed by atoms with van der Waals surface area (Å²) in [6, 6.07) is 8.06. The van der Waals surface area contributed by atoms with Crippen molar-refractivity contribution in [1.29, 1.82) is 0 Å². The fourth-order valence-electron chi connectivity index (χ4n) is 2.59. The number of likely N-dealkylation sites (N-methyl/N-ethyl adjacent to an activating group) is 1. The Morgan fingerprint density at radius 3 is 2.67 bits per heavy atom. The number of aromatic nitrogens is 1. The van der Waals surface area contributed by atoms with E-state index in [1.54, 1.807) is 11.3 Å².